The van der Waals surface area contributed by atoms with Crippen LogP contribution in [0.3, 0.4) is 0 Å². The SMILES string of the molecule is CN1CCCCC(CN)C1c1ccccc1Cl. The Morgan fingerprint density at radius 1 is 1.35 bits per heavy atom. The van der Waals surface area contributed by atoms with Crippen LogP contribution in [0.25, 0.3) is 0 Å². The molecule has 1 aliphatic rings. The molecule has 2 atom stereocenters. The van der Waals surface area contributed by atoms with Gasteiger partial charge in [-0.25, -0.2) is 0 Å². The van der Waals surface area contributed by atoms with Gasteiger partial charge in [-0.2, -0.15) is 0 Å². The van der Waals surface area contributed by atoms with Crippen molar-refractivity contribution in [3.05, 3.63) is 34.9 Å². The molecule has 17 heavy (non-hydrogen) atoms. The molecule has 2 nitrogen and oxygen atoms in total. The topological polar surface area (TPSA) is 29.3 Å². The van der Waals surface area contributed by atoms with Gasteiger partial charge in [0.15, 0.2) is 0 Å². The molecule has 0 radical (unpaired) electrons. The molecule has 94 valence electrons. The van der Waals surface area contributed by atoms with Crippen LogP contribution in [0, 0.1) is 5.92 Å². The monoisotopic (exact) mass is 252 g/mol. The van der Waals surface area contributed by atoms with Crippen LogP contribution in [0.1, 0.15) is 30.9 Å². The van der Waals surface area contributed by atoms with Gasteiger partial charge in [-0.15, -0.1) is 0 Å². The first-order valence-electron chi connectivity index (χ1n) is 6.38. The Labute approximate surface area is 109 Å². The van der Waals surface area contributed by atoms with Gasteiger partial charge < -0.3 is 5.73 Å². The van der Waals surface area contributed by atoms with Crippen LogP contribution in [0.5, 0.6) is 0 Å². The van der Waals surface area contributed by atoms with Crippen molar-refractivity contribution in [1.29, 1.82) is 0 Å². The summed E-state index contributed by atoms with van der Waals surface area (Å²) in [5.74, 6) is 0.516. The zero-order valence-corrected chi connectivity index (χ0v) is 11.2. The molecule has 3 heteroatoms. The van der Waals surface area contributed by atoms with E-state index in [4.69, 9.17) is 17.3 Å². The van der Waals surface area contributed by atoms with Crippen LogP contribution in [0.4, 0.5) is 0 Å². The summed E-state index contributed by atoms with van der Waals surface area (Å²) in [6, 6.07) is 8.53. The Balaban J connectivity index is 2.34. The molecular formula is C14H21ClN2. The van der Waals surface area contributed by atoms with Gasteiger partial charge in [0.1, 0.15) is 0 Å². The molecular weight excluding hydrogens is 232 g/mol. The van der Waals surface area contributed by atoms with Crippen molar-refractivity contribution >= 4 is 11.6 Å². The predicted molar refractivity (Wildman–Crippen MR) is 73.2 cm³/mol. The molecule has 1 aromatic carbocycles. The first-order valence-corrected chi connectivity index (χ1v) is 6.76. The fourth-order valence-corrected chi connectivity index (χ4v) is 3.13. The maximum Gasteiger partial charge on any atom is 0.0453 e. The van der Waals surface area contributed by atoms with Crippen molar-refractivity contribution in [3.63, 3.8) is 0 Å². The normalized spacial score (nSPS) is 26.8. The molecule has 1 fully saturated rings. The van der Waals surface area contributed by atoms with Crippen LogP contribution >= 0.6 is 11.6 Å². The summed E-state index contributed by atoms with van der Waals surface area (Å²) in [4.78, 5) is 2.41. The molecule has 2 unspecified atom stereocenters. The number of hydrogen-bond acceptors (Lipinski definition) is 2. The van der Waals surface area contributed by atoms with Crippen LogP contribution in [-0.4, -0.2) is 25.0 Å². The summed E-state index contributed by atoms with van der Waals surface area (Å²) in [6.45, 7) is 1.87. The average Bonchev–Trinajstić information content (AvgIpc) is 2.52. The highest BCUT2D eigenvalue weighted by molar-refractivity contribution is 6.31. The van der Waals surface area contributed by atoms with Crippen molar-refractivity contribution in [1.82, 2.24) is 4.90 Å². The van der Waals surface area contributed by atoms with Crippen molar-refractivity contribution in [2.24, 2.45) is 11.7 Å². The van der Waals surface area contributed by atoms with E-state index in [1.54, 1.807) is 0 Å². The maximum absolute atomic E-state index is 6.33. The van der Waals surface area contributed by atoms with Gasteiger partial charge in [0.05, 0.1) is 0 Å². The molecule has 0 aromatic heterocycles. The molecule has 2 rings (SSSR count). The third-order valence-electron chi connectivity index (χ3n) is 3.78. The number of nitrogens with two attached hydrogens (primary N) is 1. The smallest absolute Gasteiger partial charge is 0.0453 e. The molecule has 1 aliphatic heterocycles. The van der Waals surface area contributed by atoms with Gasteiger partial charge in [-0.05, 0) is 50.5 Å². The summed E-state index contributed by atoms with van der Waals surface area (Å²) in [7, 11) is 2.18. The molecule has 0 bridgehead atoms. The van der Waals surface area contributed by atoms with Crippen LogP contribution < -0.4 is 5.73 Å². The van der Waals surface area contributed by atoms with E-state index in [0.29, 0.717) is 12.0 Å². The molecule has 2 N–H and O–H groups in total. The molecule has 0 aliphatic carbocycles. The Morgan fingerprint density at radius 2 is 2.12 bits per heavy atom. The lowest BCUT2D eigenvalue weighted by Crippen LogP contribution is -2.33. The van der Waals surface area contributed by atoms with Crippen molar-refractivity contribution < 1.29 is 0 Å². The van der Waals surface area contributed by atoms with Gasteiger partial charge in [0.2, 0.25) is 0 Å². The highest BCUT2D eigenvalue weighted by Gasteiger charge is 2.29. The third-order valence-corrected chi connectivity index (χ3v) is 4.13. The minimum absolute atomic E-state index is 0.371. The van der Waals surface area contributed by atoms with Gasteiger partial charge >= 0.3 is 0 Å². The number of rotatable bonds is 2. The molecule has 0 spiro atoms. The quantitative estimate of drug-likeness (QED) is 0.877. The van der Waals surface area contributed by atoms with E-state index in [-0.39, 0.29) is 0 Å². The van der Waals surface area contributed by atoms with E-state index in [1.165, 1.54) is 24.8 Å². The zero-order valence-electron chi connectivity index (χ0n) is 10.4. The molecule has 0 saturated carbocycles. The summed E-state index contributed by atoms with van der Waals surface area (Å²) < 4.78 is 0. The second-order valence-corrected chi connectivity index (χ2v) is 5.35. The lowest BCUT2D eigenvalue weighted by atomic mass is 9.89. The number of nitrogens with zero attached hydrogens (tertiary/aromatic N) is 1. The highest BCUT2D eigenvalue weighted by Crippen LogP contribution is 2.36. The van der Waals surface area contributed by atoms with Crippen molar-refractivity contribution in [2.45, 2.75) is 25.3 Å². The largest absolute Gasteiger partial charge is 0.330 e. The number of benzene rings is 1. The lowest BCUT2D eigenvalue weighted by molar-refractivity contribution is 0.196. The Kier molecular flexibility index (Phi) is 4.43. The van der Waals surface area contributed by atoms with Crippen molar-refractivity contribution in [3.8, 4) is 0 Å². The van der Waals surface area contributed by atoms with E-state index < -0.39 is 0 Å². The predicted octanol–water partition coefficient (Wildman–Crippen LogP) is 3.07. The fourth-order valence-electron chi connectivity index (χ4n) is 2.88. The summed E-state index contributed by atoms with van der Waals surface area (Å²) in [6.07, 6.45) is 3.73. The number of hydrogen-bond donors (Lipinski definition) is 1. The lowest BCUT2D eigenvalue weighted by Gasteiger charge is -2.32. The Bertz CT molecular complexity index is 367. The summed E-state index contributed by atoms with van der Waals surface area (Å²) in [5, 5.41) is 0.865. The van der Waals surface area contributed by atoms with Crippen LogP contribution in [0.2, 0.25) is 5.02 Å². The molecule has 0 amide bonds. The zero-order chi connectivity index (χ0) is 12.3. The minimum atomic E-state index is 0.371. The number of likely N-dealkylation sites (tertiary alicyclic amines) is 1. The van der Waals surface area contributed by atoms with Gasteiger partial charge in [-0.1, -0.05) is 36.2 Å². The van der Waals surface area contributed by atoms with E-state index >= 15 is 0 Å². The minimum Gasteiger partial charge on any atom is -0.330 e. The molecule has 1 heterocycles. The second kappa shape index (κ2) is 5.85. The van der Waals surface area contributed by atoms with E-state index in [9.17, 15) is 0 Å². The molecule has 1 aromatic rings. The van der Waals surface area contributed by atoms with Gasteiger partial charge in [0, 0.05) is 11.1 Å². The second-order valence-electron chi connectivity index (χ2n) is 4.94. The van der Waals surface area contributed by atoms with Crippen LogP contribution in [0.15, 0.2) is 24.3 Å². The summed E-state index contributed by atoms with van der Waals surface area (Å²) >= 11 is 6.33. The fraction of sp³-hybridized carbons (Fsp3) is 0.571. The van der Waals surface area contributed by atoms with Gasteiger partial charge in [0.25, 0.3) is 0 Å². The number of halogens is 1. The Morgan fingerprint density at radius 3 is 2.82 bits per heavy atom. The van der Waals surface area contributed by atoms with Crippen LogP contribution in [-0.2, 0) is 0 Å². The highest BCUT2D eigenvalue weighted by atomic mass is 35.5. The third kappa shape index (κ3) is 2.82. The average molecular weight is 253 g/mol. The van der Waals surface area contributed by atoms with E-state index in [2.05, 4.69) is 24.1 Å². The van der Waals surface area contributed by atoms with E-state index in [0.717, 1.165) is 18.1 Å². The maximum atomic E-state index is 6.33. The summed E-state index contributed by atoms with van der Waals surface area (Å²) in [5.41, 5.74) is 7.17. The Hall–Kier alpha value is -0.570. The van der Waals surface area contributed by atoms with Gasteiger partial charge in [-0.3, -0.25) is 4.90 Å². The molecule has 1 saturated heterocycles. The standard InChI is InChI=1S/C14H21ClN2/c1-17-9-5-4-6-11(10-16)14(17)12-7-2-3-8-13(12)15/h2-3,7-8,11,14H,4-6,9-10,16H2,1H3. The van der Waals surface area contributed by atoms with Crippen molar-refractivity contribution in [2.75, 3.05) is 20.1 Å². The first-order chi connectivity index (χ1) is 8.24. The van der Waals surface area contributed by atoms with E-state index in [1.807, 2.05) is 12.1 Å². The first kappa shape index (κ1) is 12.9.